The van der Waals surface area contributed by atoms with Crippen LogP contribution >= 0.6 is 15.9 Å². The van der Waals surface area contributed by atoms with Gasteiger partial charge in [0, 0.05) is 10.2 Å². The van der Waals surface area contributed by atoms with E-state index >= 15 is 0 Å². The van der Waals surface area contributed by atoms with Crippen LogP contribution in [0, 0.1) is 6.92 Å². The van der Waals surface area contributed by atoms with E-state index in [2.05, 4.69) is 26.6 Å². The van der Waals surface area contributed by atoms with Crippen molar-refractivity contribution in [3.8, 4) is 0 Å². The maximum atomic E-state index is 12.2. The van der Waals surface area contributed by atoms with E-state index in [0.29, 0.717) is 0 Å². The van der Waals surface area contributed by atoms with Crippen LogP contribution in [0.5, 0.6) is 0 Å². The number of halogens is 1. The molecule has 0 radical (unpaired) electrons. The van der Waals surface area contributed by atoms with Gasteiger partial charge in [0.25, 0.3) is 0 Å². The van der Waals surface area contributed by atoms with Crippen molar-refractivity contribution in [2.24, 2.45) is 0 Å². The van der Waals surface area contributed by atoms with Crippen LogP contribution in [-0.2, 0) is 4.79 Å². The van der Waals surface area contributed by atoms with Gasteiger partial charge in [0.1, 0.15) is 0 Å². The van der Waals surface area contributed by atoms with Crippen LogP contribution in [0.15, 0.2) is 22.7 Å². The number of hydrogen-bond acceptors (Lipinski definition) is 2. The molecule has 1 aromatic carbocycles. The first kappa shape index (κ1) is 12.6. The van der Waals surface area contributed by atoms with Crippen molar-refractivity contribution in [3.05, 3.63) is 28.2 Å². The molecule has 1 aromatic rings. The van der Waals surface area contributed by atoms with E-state index in [1.165, 1.54) is 0 Å². The fourth-order valence-corrected chi connectivity index (χ4v) is 2.44. The molecular weight excluding hydrogens is 280 g/mol. The van der Waals surface area contributed by atoms with Gasteiger partial charge in [-0.15, -0.1) is 0 Å². The van der Waals surface area contributed by atoms with E-state index in [4.69, 9.17) is 0 Å². The van der Waals surface area contributed by atoms with Gasteiger partial charge in [0.2, 0.25) is 5.91 Å². The van der Waals surface area contributed by atoms with Crippen molar-refractivity contribution >= 4 is 27.5 Å². The highest BCUT2D eigenvalue weighted by Gasteiger charge is 2.35. The predicted molar refractivity (Wildman–Crippen MR) is 73.2 cm³/mol. The topological polar surface area (TPSA) is 41.1 Å². The summed E-state index contributed by atoms with van der Waals surface area (Å²) in [6.07, 6.45) is 1.95. The largest absolute Gasteiger partial charge is 0.324 e. The lowest BCUT2D eigenvalue weighted by atomic mass is 9.99. The lowest BCUT2D eigenvalue weighted by Gasteiger charge is -2.23. The molecule has 0 aromatic heterocycles. The molecule has 1 aliphatic heterocycles. The van der Waals surface area contributed by atoms with Gasteiger partial charge in [-0.2, -0.15) is 0 Å². The fourth-order valence-electron chi connectivity index (χ4n) is 2.08. The summed E-state index contributed by atoms with van der Waals surface area (Å²) in [6.45, 7) is 4.87. The Hall–Kier alpha value is -0.870. The van der Waals surface area contributed by atoms with Gasteiger partial charge in [-0.1, -0.05) is 22.0 Å². The molecule has 1 heterocycles. The third-order valence-electron chi connectivity index (χ3n) is 3.32. The number of hydrogen-bond donors (Lipinski definition) is 2. The predicted octanol–water partition coefficient (Wildman–Crippen LogP) is 2.84. The lowest BCUT2D eigenvalue weighted by Crippen LogP contribution is -2.48. The highest BCUT2D eigenvalue weighted by Crippen LogP contribution is 2.24. The monoisotopic (exact) mass is 296 g/mol. The minimum absolute atomic E-state index is 0.0520. The molecule has 0 spiro atoms. The number of aryl methyl sites for hydroxylation is 1. The molecule has 0 bridgehead atoms. The fraction of sp³-hybridized carbons (Fsp3) is 0.462. The summed E-state index contributed by atoms with van der Waals surface area (Å²) in [5, 5.41) is 6.27. The molecule has 17 heavy (non-hydrogen) atoms. The molecule has 1 atom stereocenters. The second kappa shape index (κ2) is 4.78. The van der Waals surface area contributed by atoms with Crippen LogP contribution in [0.1, 0.15) is 25.3 Å². The molecule has 4 heteroatoms. The Bertz CT molecular complexity index is 439. The molecule has 92 valence electrons. The van der Waals surface area contributed by atoms with Gasteiger partial charge in [-0.05, 0) is 50.9 Å². The van der Waals surface area contributed by atoms with Crippen molar-refractivity contribution in [1.82, 2.24) is 5.32 Å². The van der Waals surface area contributed by atoms with Crippen molar-refractivity contribution in [1.29, 1.82) is 0 Å². The Morgan fingerprint density at radius 2 is 2.29 bits per heavy atom. The van der Waals surface area contributed by atoms with Crippen LogP contribution in [-0.4, -0.2) is 18.0 Å². The summed E-state index contributed by atoms with van der Waals surface area (Å²) in [5.74, 6) is 0.0520. The van der Waals surface area contributed by atoms with Gasteiger partial charge in [0.05, 0.1) is 5.54 Å². The summed E-state index contributed by atoms with van der Waals surface area (Å²) in [4.78, 5) is 12.2. The van der Waals surface area contributed by atoms with Crippen molar-refractivity contribution in [2.75, 3.05) is 11.9 Å². The average molecular weight is 297 g/mol. The average Bonchev–Trinajstić information content (AvgIpc) is 2.72. The number of carbonyl (C=O) groups excluding carboxylic acids is 1. The summed E-state index contributed by atoms with van der Waals surface area (Å²) in [7, 11) is 0. The SMILES string of the molecule is Cc1ccc(Br)cc1NC(=O)C1(C)CCCN1. The summed E-state index contributed by atoms with van der Waals surface area (Å²) >= 11 is 3.42. The molecule has 1 aliphatic rings. The Kier molecular flexibility index (Phi) is 3.54. The van der Waals surface area contributed by atoms with Crippen molar-refractivity contribution in [2.45, 2.75) is 32.2 Å². The molecule has 3 nitrogen and oxygen atoms in total. The Labute approximate surface area is 110 Å². The van der Waals surface area contributed by atoms with Gasteiger partial charge >= 0.3 is 0 Å². The second-order valence-corrected chi connectivity index (χ2v) is 5.69. The lowest BCUT2D eigenvalue weighted by molar-refractivity contribution is -0.121. The van der Waals surface area contributed by atoms with E-state index in [1.54, 1.807) is 0 Å². The van der Waals surface area contributed by atoms with E-state index in [0.717, 1.165) is 35.1 Å². The first-order valence-corrected chi connectivity index (χ1v) is 6.63. The molecule has 1 fully saturated rings. The molecule has 1 amide bonds. The van der Waals surface area contributed by atoms with Crippen LogP contribution in [0.25, 0.3) is 0 Å². The number of anilines is 1. The highest BCUT2D eigenvalue weighted by molar-refractivity contribution is 9.10. The summed E-state index contributed by atoms with van der Waals surface area (Å²) in [6, 6.07) is 5.90. The van der Waals surface area contributed by atoms with Crippen LogP contribution in [0.4, 0.5) is 5.69 Å². The maximum Gasteiger partial charge on any atom is 0.244 e. The zero-order valence-electron chi connectivity index (χ0n) is 10.1. The Morgan fingerprint density at radius 3 is 2.94 bits per heavy atom. The second-order valence-electron chi connectivity index (χ2n) is 4.78. The van der Waals surface area contributed by atoms with Crippen molar-refractivity contribution in [3.63, 3.8) is 0 Å². The normalized spacial score (nSPS) is 23.7. The van der Waals surface area contributed by atoms with Crippen LogP contribution < -0.4 is 10.6 Å². The zero-order valence-corrected chi connectivity index (χ0v) is 11.7. The van der Waals surface area contributed by atoms with Crippen LogP contribution in [0.3, 0.4) is 0 Å². The number of benzene rings is 1. The third-order valence-corrected chi connectivity index (χ3v) is 3.81. The van der Waals surface area contributed by atoms with Gasteiger partial charge in [-0.3, -0.25) is 4.79 Å². The van der Waals surface area contributed by atoms with Crippen molar-refractivity contribution < 1.29 is 4.79 Å². The third kappa shape index (κ3) is 2.69. The highest BCUT2D eigenvalue weighted by atomic mass is 79.9. The number of amides is 1. The summed E-state index contributed by atoms with van der Waals surface area (Å²) < 4.78 is 0.975. The van der Waals surface area contributed by atoms with Crippen LogP contribution in [0.2, 0.25) is 0 Å². The van der Waals surface area contributed by atoms with E-state index in [-0.39, 0.29) is 5.91 Å². The smallest absolute Gasteiger partial charge is 0.244 e. The first-order valence-electron chi connectivity index (χ1n) is 5.84. The Balaban J connectivity index is 2.15. The van der Waals surface area contributed by atoms with Gasteiger partial charge in [0.15, 0.2) is 0 Å². The first-order chi connectivity index (χ1) is 8.01. The summed E-state index contributed by atoms with van der Waals surface area (Å²) in [5.41, 5.74) is 1.52. The van der Waals surface area contributed by atoms with E-state index < -0.39 is 5.54 Å². The molecular formula is C13H17BrN2O. The zero-order chi connectivity index (χ0) is 12.5. The number of rotatable bonds is 2. The quantitative estimate of drug-likeness (QED) is 0.881. The van der Waals surface area contributed by atoms with E-state index in [9.17, 15) is 4.79 Å². The number of nitrogens with one attached hydrogen (secondary N) is 2. The minimum atomic E-state index is -0.422. The van der Waals surface area contributed by atoms with E-state index in [1.807, 2.05) is 32.0 Å². The molecule has 2 rings (SSSR count). The standard InChI is InChI=1S/C13H17BrN2O/c1-9-4-5-10(14)8-11(9)16-12(17)13(2)6-3-7-15-13/h4-5,8,15H,3,6-7H2,1-2H3,(H,16,17). The van der Waals surface area contributed by atoms with Gasteiger partial charge in [-0.25, -0.2) is 0 Å². The minimum Gasteiger partial charge on any atom is -0.324 e. The maximum absolute atomic E-state index is 12.2. The molecule has 0 saturated carbocycles. The molecule has 0 aliphatic carbocycles. The van der Waals surface area contributed by atoms with Gasteiger partial charge < -0.3 is 10.6 Å². The Morgan fingerprint density at radius 1 is 1.53 bits per heavy atom. The molecule has 2 N–H and O–H groups in total. The molecule has 1 unspecified atom stereocenters. The molecule has 1 saturated heterocycles. The number of carbonyl (C=O) groups is 1.